The molecule has 0 amide bonds. The van der Waals surface area contributed by atoms with Gasteiger partial charge in [0.25, 0.3) is 0 Å². The smallest absolute Gasteiger partial charge is 0.180 e. The van der Waals surface area contributed by atoms with Crippen molar-refractivity contribution >= 4 is 16.5 Å². The van der Waals surface area contributed by atoms with Crippen LogP contribution in [0.3, 0.4) is 0 Å². The Kier molecular flexibility index (Phi) is 2.78. The predicted octanol–water partition coefficient (Wildman–Crippen LogP) is 3.47. The molecule has 1 aromatic heterocycles. The third-order valence-electron chi connectivity index (χ3n) is 3.06. The zero-order valence-corrected chi connectivity index (χ0v) is 10.4. The summed E-state index contributed by atoms with van der Waals surface area (Å²) >= 11 is 1.44. The van der Waals surface area contributed by atoms with Gasteiger partial charge in [0.1, 0.15) is 0 Å². The van der Waals surface area contributed by atoms with Gasteiger partial charge in [-0.25, -0.2) is 13.8 Å². The lowest BCUT2D eigenvalue weighted by Gasteiger charge is -2.02. The summed E-state index contributed by atoms with van der Waals surface area (Å²) in [4.78, 5) is 5.41. The standard InChI is InChI=1S/C13H12F2N2S/c14-9-4-1-7(5-10(9)15)6-11-12(8-2-3-8)17-13(16)18-11/h1,4-5,8H,2-3,6H2,(H2,16,17). The topological polar surface area (TPSA) is 38.9 Å². The minimum atomic E-state index is -0.815. The molecule has 1 aromatic carbocycles. The van der Waals surface area contributed by atoms with Crippen molar-refractivity contribution in [1.82, 2.24) is 4.98 Å². The fourth-order valence-electron chi connectivity index (χ4n) is 2.02. The SMILES string of the molecule is Nc1nc(C2CC2)c(Cc2ccc(F)c(F)c2)s1. The van der Waals surface area contributed by atoms with Crippen molar-refractivity contribution < 1.29 is 8.78 Å². The van der Waals surface area contributed by atoms with E-state index in [1.165, 1.54) is 17.4 Å². The largest absolute Gasteiger partial charge is 0.375 e. The lowest BCUT2D eigenvalue weighted by atomic mass is 10.1. The molecule has 0 spiro atoms. The molecule has 0 aliphatic heterocycles. The van der Waals surface area contributed by atoms with Crippen LogP contribution < -0.4 is 5.73 Å². The number of hydrogen-bond acceptors (Lipinski definition) is 3. The summed E-state index contributed by atoms with van der Waals surface area (Å²) in [5, 5.41) is 0.550. The van der Waals surface area contributed by atoms with E-state index in [-0.39, 0.29) is 0 Å². The normalized spacial score (nSPS) is 15.0. The van der Waals surface area contributed by atoms with Crippen molar-refractivity contribution in [3.05, 3.63) is 46.0 Å². The Bertz CT molecular complexity index is 591. The van der Waals surface area contributed by atoms with Gasteiger partial charge in [-0.15, -0.1) is 11.3 Å². The van der Waals surface area contributed by atoms with Gasteiger partial charge in [-0.3, -0.25) is 0 Å². The van der Waals surface area contributed by atoms with Crippen LogP contribution in [0.1, 0.15) is 34.9 Å². The van der Waals surface area contributed by atoms with E-state index in [4.69, 9.17) is 5.73 Å². The van der Waals surface area contributed by atoms with Crippen LogP contribution in [0.25, 0.3) is 0 Å². The fourth-order valence-corrected chi connectivity index (χ4v) is 2.97. The molecule has 2 aromatic rings. The van der Waals surface area contributed by atoms with Crippen molar-refractivity contribution in [1.29, 1.82) is 0 Å². The Balaban J connectivity index is 1.89. The molecule has 1 saturated carbocycles. The molecule has 0 atom stereocenters. The van der Waals surface area contributed by atoms with E-state index in [1.54, 1.807) is 6.07 Å². The van der Waals surface area contributed by atoms with Crippen LogP contribution in [-0.4, -0.2) is 4.98 Å². The van der Waals surface area contributed by atoms with Gasteiger partial charge in [0, 0.05) is 17.2 Å². The van der Waals surface area contributed by atoms with Gasteiger partial charge in [0.2, 0.25) is 0 Å². The number of nitrogens with two attached hydrogens (primary N) is 1. The molecule has 1 aliphatic rings. The minimum absolute atomic E-state index is 0.513. The molecule has 18 heavy (non-hydrogen) atoms. The molecule has 1 fully saturated rings. The molecule has 2 nitrogen and oxygen atoms in total. The van der Waals surface area contributed by atoms with Gasteiger partial charge in [-0.2, -0.15) is 0 Å². The van der Waals surface area contributed by atoms with Gasteiger partial charge < -0.3 is 5.73 Å². The first-order valence-electron chi connectivity index (χ1n) is 5.82. The number of rotatable bonds is 3. The average molecular weight is 266 g/mol. The van der Waals surface area contributed by atoms with Crippen LogP contribution >= 0.6 is 11.3 Å². The minimum Gasteiger partial charge on any atom is -0.375 e. The van der Waals surface area contributed by atoms with Crippen molar-refractivity contribution in [2.45, 2.75) is 25.2 Å². The first-order valence-corrected chi connectivity index (χ1v) is 6.64. The first-order chi connectivity index (χ1) is 8.63. The summed E-state index contributed by atoms with van der Waals surface area (Å²) in [7, 11) is 0. The second-order valence-electron chi connectivity index (χ2n) is 4.56. The van der Waals surface area contributed by atoms with Gasteiger partial charge in [-0.1, -0.05) is 6.07 Å². The number of aromatic nitrogens is 1. The van der Waals surface area contributed by atoms with Gasteiger partial charge >= 0.3 is 0 Å². The molecule has 1 aliphatic carbocycles. The van der Waals surface area contributed by atoms with Crippen LogP contribution in [0.4, 0.5) is 13.9 Å². The van der Waals surface area contributed by atoms with Crippen LogP contribution in [0, 0.1) is 11.6 Å². The highest BCUT2D eigenvalue weighted by atomic mass is 32.1. The van der Waals surface area contributed by atoms with Gasteiger partial charge in [0.15, 0.2) is 16.8 Å². The number of nitrogens with zero attached hydrogens (tertiary/aromatic N) is 1. The Morgan fingerprint density at radius 2 is 2.06 bits per heavy atom. The van der Waals surface area contributed by atoms with E-state index in [0.29, 0.717) is 17.5 Å². The Labute approximate surface area is 107 Å². The molecule has 5 heteroatoms. The summed E-state index contributed by atoms with van der Waals surface area (Å²) in [6.07, 6.45) is 2.86. The average Bonchev–Trinajstić information content (AvgIpc) is 3.09. The molecule has 0 bridgehead atoms. The molecular formula is C13H12F2N2S. The molecule has 1 heterocycles. The highest BCUT2D eigenvalue weighted by Crippen LogP contribution is 2.43. The highest BCUT2D eigenvalue weighted by molar-refractivity contribution is 7.15. The summed E-state index contributed by atoms with van der Waals surface area (Å²) < 4.78 is 26.0. The quantitative estimate of drug-likeness (QED) is 0.923. The lowest BCUT2D eigenvalue weighted by Crippen LogP contribution is -1.93. The van der Waals surface area contributed by atoms with E-state index in [9.17, 15) is 8.78 Å². The fraction of sp³-hybridized carbons (Fsp3) is 0.308. The number of thiazole rings is 1. The number of hydrogen-bond donors (Lipinski definition) is 1. The van der Waals surface area contributed by atoms with Crippen molar-refractivity contribution in [3.8, 4) is 0 Å². The lowest BCUT2D eigenvalue weighted by molar-refractivity contribution is 0.507. The number of nitrogen functional groups attached to an aromatic ring is 1. The van der Waals surface area contributed by atoms with E-state index < -0.39 is 11.6 Å². The maximum Gasteiger partial charge on any atom is 0.180 e. The zero-order valence-electron chi connectivity index (χ0n) is 9.62. The molecule has 3 rings (SSSR count). The molecule has 0 saturated heterocycles. The second kappa shape index (κ2) is 4.31. The van der Waals surface area contributed by atoms with Crippen molar-refractivity contribution in [2.24, 2.45) is 0 Å². The maximum atomic E-state index is 13.1. The van der Waals surface area contributed by atoms with Gasteiger partial charge in [-0.05, 0) is 30.5 Å². The highest BCUT2D eigenvalue weighted by Gasteiger charge is 2.29. The van der Waals surface area contributed by atoms with Gasteiger partial charge in [0.05, 0.1) is 5.69 Å². The Morgan fingerprint density at radius 3 is 2.72 bits per heavy atom. The van der Waals surface area contributed by atoms with Crippen LogP contribution in [0.2, 0.25) is 0 Å². The molecule has 0 radical (unpaired) electrons. The van der Waals surface area contributed by atoms with E-state index in [2.05, 4.69) is 4.98 Å². The summed E-state index contributed by atoms with van der Waals surface area (Å²) in [6, 6.07) is 4.00. The predicted molar refractivity (Wildman–Crippen MR) is 67.7 cm³/mol. The zero-order chi connectivity index (χ0) is 12.7. The summed E-state index contributed by atoms with van der Waals surface area (Å²) in [6.45, 7) is 0. The number of anilines is 1. The second-order valence-corrected chi connectivity index (χ2v) is 5.68. The van der Waals surface area contributed by atoms with Crippen LogP contribution in [-0.2, 0) is 6.42 Å². The molecule has 0 unspecified atom stereocenters. The molecule has 2 N–H and O–H groups in total. The monoisotopic (exact) mass is 266 g/mol. The van der Waals surface area contributed by atoms with E-state index in [1.807, 2.05) is 0 Å². The Hall–Kier alpha value is -1.49. The third-order valence-corrected chi connectivity index (χ3v) is 3.96. The van der Waals surface area contributed by atoms with E-state index >= 15 is 0 Å². The van der Waals surface area contributed by atoms with E-state index in [0.717, 1.165) is 35.0 Å². The number of benzene rings is 1. The first kappa shape index (κ1) is 11.6. The molecular weight excluding hydrogens is 254 g/mol. The number of halogens is 2. The summed E-state index contributed by atoms with van der Waals surface area (Å²) in [5.74, 6) is -1.11. The maximum absolute atomic E-state index is 13.1. The van der Waals surface area contributed by atoms with Crippen LogP contribution in [0.5, 0.6) is 0 Å². The third kappa shape index (κ3) is 2.22. The Morgan fingerprint density at radius 1 is 1.28 bits per heavy atom. The van der Waals surface area contributed by atoms with Crippen LogP contribution in [0.15, 0.2) is 18.2 Å². The molecule has 94 valence electrons. The summed E-state index contributed by atoms with van der Waals surface area (Å²) in [5.41, 5.74) is 7.52. The van der Waals surface area contributed by atoms with Crippen molar-refractivity contribution in [3.63, 3.8) is 0 Å². The van der Waals surface area contributed by atoms with Crippen molar-refractivity contribution in [2.75, 3.05) is 5.73 Å².